The first-order valence-corrected chi connectivity index (χ1v) is 10.9. The minimum atomic E-state index is -0.663. The number of ketones is 2. The second kappa shape index (κ2) is 9.17. The summed E-state index contributed by atoms with van der Waals surface area (Å²) >= 11 is 0. The van der Waals surface area contributed by atoms with Crippen LogP contribution in [0.2, 0.25) is 0 Å². The molecular formula is C23H21N9O3. The van der Waals surface area contributed by atoms with Crippen molar-refractivity contribution in [2.24, 2.45) is 16.0 Å². The summed E-state index contributed by atoms with van der Waals surface area (Å²) in [5.74, 6) is -0.989. The van der Waals surface area contributed by atoms with E-state index in [-0.39, 0.29) is 35.5 Å². The van der Waals surface area contributed by atoms with Gasteiger partial charge in [-0.05, 0) is 25.0 Å². The summed E-state index contributed by atoms with van der Waals surface area (Å²) in [4.78, 5) is 59.6. The first-order chi connectivity index (χ1) is 17.0. The molecule has 2 aliphatic rings. The third-order valence-electron chi connectivity index (χ3n) is 5.72. The van der Waals surface area contributed by atoms with Crippen LogP contribution in [-0.4, -0.2) is 54.3 Å². The van der Waals surface area contributed by atoms with Crippen LogP contribution in [0.4, 0.5) is 0 Å². The van der Waals surface area contributed by atoms with Crippen LogP contribution in [0.3, 0.4) is 0 Å². The van der Waals surface area contributed by atoms with Gasteiger partial charge in [-0.15, -0.1) is 0 Å². The summed E-state index contributed by atoms with van der Waals surface area (Å²) in [6.45, 7) is 1.84. The Morgan fingerprint density at radius 3 is 2.57 bits per heavy atom. The molecule has 0 fully saturated rings. The number of nitrogens with one attached hydrogen (secondary N) is 5. The van der Waals surface area contributed by atoms with Gasteiger partial charge in [0.25, 0.3) is 5.91 Å². The summed E-state index contributed by atoms with van der Waals surface area (Å²) < 4.78 is 0. The molecule has 1 amide bonds. The van der Waals surface area contributed by atoms with Crippen LogP contribution >= 0.6 is 0 Å². The molecule has 12 heteroatoms. The Balaban J connectivity index is 1.53. The Morgan fingerprint density at radius 1 is 1.11 bits per heavy atom. The number of H-pyrrole nitrogens is 3. The maximum atomic E-state index is 13.5. The van der Waals surface area contributed by atoms with Gasteiger partial charge in [0.1, 0.15) is 5.92 Å². The molecule has 5 rings (SSSR count). The van der Waals surface area contributed by atoms with Crippen LogP contribution in [0, 0.1) is 12.8 Å². The molecule has 5 heterocycles. The minimum absolute atomic E-state index is 0.160. The van der Waals surface area contributed by atoms with Gasteiger partial charge in [0.05, 0.1) is 22.7 Å². The standard InChI is InChI=1S/C23H21N9O3/c1-12-13(2-3-17(33)21-26-6-7-27-21)18(20(34)22-28-8-9-29-22)15(31-12)10-16-19(25-5-4-24-16)14-11-30-32-23(14)35/h4-11,14,24,31H,2-3H2,1H3,(H,26,27)(H,28,29)(H,32,35). The fourth-order valence-electron chi connectivity index (χ4n) is 4.06. The molecule has 3 aromatic rings. The first kappa shape index (κ1) is 21.9. The number of aromatic nitrogens is 5. The molecule has 0 aromatic carbocycles. The molecule has 12 nitrogen and oxygen atoms in total. The van der Waals surface area contributed by atoms with Gasteiger partial charge >= 0.3 is 0 Å². The monoisotopic (exact) mass is 471 g/mol. The van der Waals surface area contributed by atoms with Crippen LogP contribution in [0.1, 0.15) is 50.2 Å². The van der Waals surface area contributed by atoms with E-state index in [0.717, 1.165) is 5.69 Å². The fraction of sp³-hybridized carbons (Fsp3) is 0.174. The van der Waals surface area contributed by atoms with Crippen molar-refractivity contribution in [1.82, 2.24) is 35.7 Å². The van der Waals surface area contributed by atoms with Gasteiger partial charge < -0.3 is 20.3 Å². The van der Waals surface area contributed by atoms with E-state index < -0.39 is 5.92 Å². The molecule has 3 aromatic heterocycles. The number of carbonyl (C=O) groups excluding carboxylic acids is 3. The molecule has 0 bridgehead atoms. The van der Waals surface area contributed by atoms with Crippen LogP contribution < -0.4 is 10.7 Å². The largest absolute Gasteiger partial charge is 0.359 e. The predicted octanol–water partition coefficient (Wildman–Crippen LogP) is 1.40. The normalized spacial score (nSPS) is 18.0. The van der Waals surface area contributed by atoms with E-state index in [4.69, 9.17) is 0 Å². The van der Waals surface area contributed by atoms with Crippen molar-refractivity contribution in [2.75, 3.05) is 0 Å². The molecule has 0 spiro atoms. The lowest BCUT2D eigenvalue weighted by Gasteiger charge is -2.16. The maximum absolute atomic E-state index is 13.5. The molecule has 35 heavy (non-hydrogen) atoms. The quantitative estimate of drug-likeness (QED) is 0.311. The summed E-state index contributed by atoms with van der Waals surface area (Å²) in [6, 6.07) is 0. The van der Waals surface area contributed by atoms with Gasteiger partial charge in [-0.2, -0.15) is 5.10 Å². The summed E-state index contributed by atoms with van der Waals surface area (Å²) in [6.07, 6.45) is 13.0. The molecule has 1 atom stereocenters. The van der Waals surface area contributed by atoms with Gasteiger partial charge in [0.2, 0.25) is 5.78 Å². The Bertz CT molecular complexity index is 1410. The lowest BCUT2D eigenvalue weighted by atomic mass is 9.96. The molecule has 5 N–H and O–H groups in total. The zero-order valence-electron chi connectivity index (χ0n) is 18.6. The number of hydrogen-bond acceptors (Lipinski definition) is 8. The Morgan fingerprint density at radius 2 is 1.89 bits per heavy atom. The highest BCUT2D eigenvalue weighted by molar-refractivity contribution is 6.25. The number of aliphatic imine (C=N–C) groups is 1. The van der Waals surface area contributed by atoms with Gasteiger partial charge in [-0.25, -0.2) is 15.4 Å². The van der Waals surface area contributed by atoms with E-state index >= 15 is 0 Å². The first-order valence-electron chi connectivity index (χ1n) is 10.9. The second-order valence-corrected chi connectivity index (χ2v) is 7.91. The number of aromatic amines is 3. The van der Waals surface area contributed by atoms with Crippen LogP contribution in [0.5, 0.6) is 0 Å². The zero-order valence-corrected chi connectivity index (χ0v) is 18.6. The number of allylic oxidation sites excluding steroid dienone is 1. The van der Waals surface area contributed by atoms with Gasteiger partial charge in [0.15, 0.2) is 17.4 Å². The Labute approximate surface area is 198 Å². The lowest BCUT2D eigenvalue weighted by Crippen LogP contribution is -2.32. The SMILES string of the molecule is Cc1[nH]c(C=C2NC=CN=C2C2C=NNC2=O)c(C(=O)c2ncc[nH]2)c1CCC(=O)c1ncc[nH]1. The maximum Gasteiger partial charge on any atom is 0.254 e. The fourth-order valence-corrected chi connectivity index (χ4v) is 4.06. The number of nitrogens with zero attached hydrogens (tertiary/aromatic N) is 4. The van der Waals surface area contributed by atoms with Crippen molar-refractivity contribution in [2.45, 2.75) is 19.8 Å². The van der Waals surface area contributed by atoms with Crippen molar-refractivity contribution in [3.63, 3.8) is 0 Å². The van der Waals surface area contributed by atoms with Gasteiger partial charge in [0, 0.05) is 55.5 Å². The topological polar surface area (TPSA) is 173 Å². The van der Waals surface area contributed by atoms with Crippen LogP contribution in [0.25, 0.3) is 6.08 Å². The highest BCUT2D eigenvalue weighted by Crippen LogP contribution is 2.26. The second-order valence-electron chi connectivity index (χ2n) is 7.91. The highest BCUT2D eigenvalue weighted by Gasteiger charge is 2.31. The van der Waals surface area contributed by atoms with Crippen molar-refractivity contribution >= 4 is 35.5 Å². The average Bonchev–Trinajstić information content (AvgIpc) is 3.66. The number of amides is 1. The molecule has 0 radical (unpaired) electrons. The Hall–Kier alpha value is -4.87. The van der Waals surface area contributed by atoms with E-state index in [1.807, 2.05) is 6.92 Å². The third-order valence-corrected chi connectivity index (χ3v) is 5.72. The van der Waals surface area contributed by atoms with E-state index in [0.29, 0.717) is 34.7 Å². The van der Waals surface area contributed by atoms with Crippen LogP contribution in [-0.2, 0) is 11.2 Å². The number of imidazole rings is 2. The summed E-state index contributed by atoms with van der Waals surface area (Å²) in [5, 5.41) is 6.92. The molecule has 1 unspecified atom stereocenters. The van der Waals surface area contributed by atoms with E-state index in [1.54, 1.807) is 30.9 Å². The highest BCUT2D eigenvalue weighted by atomic mass is 16.2. The molecule has 176 valence electrons. The average molecular weight is 471 g/mol. The van der Waals surface area contributed by atoms with E-state index in [2.05, 4.69) is 45.8 Å². The van der Waals surface area contributed by atoms with Crippen molar-refractivity contribution in [1.29, 1.82) is 0 Å². The minimum Gasteiger partial charge on any atom is -0.359 e. The van der Waals surface area contributed by atoms with Gasteiger partial charge in [-0.1, -0.05) is 0 Å². The molecule has 0 saturated heterocycles. The smallest absolute Gasteiger partial charge is 0.254 e. The number of Topliss-reactive ketones (excluding diaryl/α,β-unsaturated/α-hetero) is 1. The summed E-state index contributed by atoms with van der Waals surface area (Å²) in [5.41, 5.74) is 5.74. The number of hydrogen-bond donors (Lipinski definition) is 5. The van der Waals surface area contributed by atoms with Crippen molar-refractivity contribution in [3.8, 4) is 0 Å². The number of hydrazone groups is 1. The van der Waals surface area contributed by atoms with Gasteiger partial charge in [-0.3, -0.25) is 19.4 Å². The molecule has 0 saturated carbocycles. The number of rotatable bonds is 8. The van der Waals surface area contributed by atoms with Crippen molar-refractivity contribution < 1.29 is 14.4 Å². The third kappa shape index (κ3) is 4.24. The predicted molar refractivity (Wildman–Crippen MR) is 127 cm³/mol. The zero-order chi connectivity index (χ0) is 24.4. The summed E-state index contributed by atoms with van der Waals surface area (Å²) in [7, 11) is 0. The molecule has 2 aliphatic heterocycles. The van der Waals surface area contributed by atoms with Crippen molar-refractivity contribution in [3.05, 3.63) is 77.0 Å². The Kier molecular flexibility index (Phi) is 5.75. The molecule has 0 aliphatic carbocycles. The van der Waals surface area contributed by atoms with E-state index in [1.165, 1.54) is 18.6 Å². The number of aryl methyl sites for hydroxylation is 1. The van der Waals surface area contributed by atoms with Crippen LogP contribution in [0.15, 0.2) is 53.0 Å². The van der Waals surface area contributed by atoms with E-state index in [9.17, 15) is 14.4 Å². The molecular weight excluding hydrogens is 450 g/mol. The number of carbonyl (C=O) groups is 3. The lowest BCUT2D eigenvalue weighted by molar-refractivity contribution is -0.120.